The minimum absolute atomic E-state index is 0.0432. The quantitative estimate of drug-likeness (QED) is 0.298. The summed E-state index contributed by atoms with van der Waals surface area (Å²) in [5.41, 5.74) is 5.70. The maximum atomic E-state index is 8.24. The van der Waals surface area contributed by atoms with E-state index < -0.39 is 6.04 Å². The van der Waals surface area contributed by atoms with Gasteiger partial charge in [0.2, 0.25) is 0 Å². The van der Waals surface area contributed by atoms with E-state index in [2.05, 4.69) is 46.6 Å². The van der Waals surface area contributed by atoms with Gasteiger partial charge in [0.25, 0.3) is 0 Å². The van der Waals surface area contributed by atoms with Gasteiger partial charge in [0.05, 0.1) is 6.85 Å². The lowest BCUT2D eigenvalue weighted by Gasteiger charge is -2.26. The number of anilines is 5. The molecule has 0 saturated carbocycles. The lowest BCUT2D eigenvalue weighted by Crippen LogP contribution is -2.10. The first-order valence-electron chi connectivity index (χ1n) is 12.9. The lowest BCUT2D eigenvalue weighted by molar-refractivity contribution is 1.28. The molecular weight excluding hydrogens is 388 g/mol. The van der Waals surface area contributed by atoms with Crippen LogP contribution in [0.2, 0.25) is 0 Å². The Balaban J connectivity index is 1.54. The van der Waals surface area contributed by atoms with Crippen molar-refractivity contribution in [3.8, 4) is 11.1 Å². The van der Waals surface area contributed by atoms with Gasteiger partial charge in [0, 0.05) is 28.4 Å². The Morgan fingerprint density at radius 3 is 1.81 bits per heavy atom. The van der Waals surface area contributed by atoms with Gasteiger partial charge in [-0.3, -0.25) is 0 Å². The molecule has 5 aromatic rings. The van der Waals surface area contributed by atoms with Gasteiger partial charge in [0.1, 0.15) is 0 Å². The molecule has 0 amide bonds. The van der Waals surface area contributed by atoms with Crippen LogP contribution in [0.15, 0.2) is 139 Å². The summed E-state index contributed by atoms with van der Waals surface area (Å²) >= 11 is 0. The Morgan fingerprint density at radius 2 is 1.09 bits per heavy atom. The van der Waals surface area contributed by atoms with Crippen LogP contribution < -0.4 is 10.2 Å². The Kier molecular flexibility index (Phi) is 4.23. The smallest absolute Gasteiger partial charge is 0.0645 e. The number of para-hydroxylation sites is 2. The molecule has 32 heavy (non-hydrogen) atoms. The largest absolute Gasteiger partial charge is 0.355 e. The third kappa shape index (κ3) is 4.40. The maximum absolute atomic E-state index is 8.24. The van der Waals surface area contributed by atoms with Crippen molar-refractivity contribution in [2.75, 3.05) is 10.2 Å². The van der Waals surface area contributed by atoms with Gasteiger partial charge in [-0.1, -0.05) is 84.9 Å². The predicted octanol–water partition coefficient (Wildman–Crippen LogP) is 8.57. The first-order chi connectivity index (χ1) is 17.9. The topological polar surface area (TPSA) is 15.3 Å². The summed E-state index contributed by atoms with van der Waals surface area (Å²) in [6.07, 6.45) is 0. The fourth-order valence-electron chi connectivity index (χ4n) is 3.64. The lowest BCUT2D eigenvalue weighted by atomic mass is 10.0. The van der Waals surface area contributed by atoms with Crippen LogP contribution in [0.1, 0.15) is 6.85 Å². The Bertz CT molecular complexity index is 1510. The molecule has 5 aromatic carbocycles. The molecule has 0 unspecified atom stereocenters. The molecule has 5 rings (SSSR count). The standard InChI is InChI=1S/C30H24N2/c1-4-11-24(12-5-1)25-19-21-29(22-20-25)32(28-16-8-3-9-17-28)30-18-10-15-27(23-30)31-26-13-6-2-7-14-26/h1-23,31H/i2D,6D,7D,13D,14D. The van der Waals surface area contributed by atoms with E-state index in [4.69, 9.17) is 6.85 Å². The van der Waals surface area contributed by atoms with E-state index in [0.717, 1.165) is 28.2 Å². The monoisotopic (exact) mass is 417 g/mol. The van der Waals surface area contributed by atoms with Crippen LogP contribution in [0.3, 0.4) is 0 Å². The number of hydrogen-bond acceptors (Lipinski definition) is 2. The van der Waals surface area contributed by atoms with Crippen LogP contribution in [0.25, 0.3) is 11.1 Å². The van der Waals surface area contributed by atoms with E-state index in [1.165, 1.54) is 0 Å². The molecule has 0 aliphatic rings. The molecule has 2 nitrogen and oxygen atoms in total. The zero-order chi connectivity index (χ0) is 25.9. The predicted molar refractivity (Wildman–Crippen MR) is 136 cm³/mol. The highest BCUT2D eigenvalue weighted by molar-refractivity contribution is 5.80. The molecule has 1 N–H and O–H groups in total. The van der Waals surface area contributed by atoms with E-state index in [-0.39, 0.29) is 29.9 Å². The first kappa shape index (κ1) is 14.7. The second-order valence-corrected chi connectivity index (χ2v) is 7.26. The summed E-state index contributed by atoms with van der Waals surface area (Å²) in [7, 11) is 0. The van der Waals surface area contributed by atoms with Crippen molar-refractivity contribution in [2.24, 2.45) is 0 Å². The Labute approximate surface area is 196 Å². The molecule has 2 heteroatoms. The highest BCUT2D eigenvalue weighted by Crippen LogP contribution is 2.36. The van der Waals surface area contributed by atoms with Crippen LogP contribution in [0, 0.1) is 0 Å². The highest BCUT2D eigenvalue weighted by atomic mass is 15.1. The molecular formula is C30H24N2. The Morgan fingerprint density at radius 1 is 0.500 bits per heavy atom. The third-order valence-corrected chi connectivity index (χ3v) is 5.12. The van der Waals surface area contributed by atoms with Gasteiger partial charge in [-0.15, -0.1) is 0 Å². The molecule has 0 saturated heterocycles. The van der Waals surface area contributed by atoms with Crippen molar-refractivity contribution in [2.45, 2.75) is 0 Å². The minimum atomic E-state index is -0.413. The zero-order valence-electron chi connectivity index (χ0n) is 22.3. The maximum Gasteiger partial charge on any atom is 0.0645 e. The molecule has 154 valence electrons. The molecule has 0 spiro atoms. The average Bonchev–Trinajstić information content (AvgIpc) is 2.95. The van der Waals surface area contributed by atoms with Crippen LogP contribution in [0.4, 0.5) is 28.4 Å². The normalized spacial score (nSPS) is 12.7. The second kappa shape index (κ2) is 9.23. The van der Waals surface area contributed by atoms with Crippen molar-refractivity contribution < 1.29 is 6.85 Å². The number of nitrogens with one attached hydrogen (secondary N) is 1. The van der Waals surface area contributed by atoms with Gasteiger partial charge in [-0.25, -0.2) is 0 Å². The van der Waals surface area contributed by atoms with Crippen LogP contribution in [-0.4, -0.2) is 0 Å². The van der Waals surface area contributed by atoms with E-state index in [0.29, 0.717) is 5.69 Å². The van der Waals surface area contributed by atoms with Gasteiger partial charge in [-0.05, 0) is 65.7 Å². The van der Waals surface area contributed by atoms with Crippen molar-refractivity contribution in [3.05, 3.63) is 139 Å². The molecule has 0 aliphatic carbocycles. The number of rotatable bonds is 6. The third-order valence-electron chi connectivity index (χ3n) is 5.12. The molecule has 0 fully saturated rings. The summed E-state index contributed by atoms with van der Waals surface area (Å²) in [6, 6.07) is 34.4. The summed E-state index contributed by atoms with van der Waals surface area (Å²) in [6.45, 7) is 0. The molecule has 0 bridgehead atoms. The fourth-order valence-corrected chi connectivity index (χ4v) is 3.64. The van der Waals surface area contributed by atoms with Crippen molar-refractivity contribution in [3.63, 3.8) is 0 Å². The van der Waals surface area contributed by atoms with Gasteiger partial charge in [-0.2, -0.15) is 0 Å². The van der Waals surface area contributed by atoms with Gasteiger partial charge >= 0.3 is 0 Å². The Hall–Kier alpha value is -4.30. The summed E-state index contributed by atoms with van der Waals surface area (Å²) in [5.74, 6) is 0. The summed E-state index contributed by atoms with van der Waals surface area (Å²) in [5, 5.41) is 3.05. The average molecular weight is 418 g/mol. The molecule has 0 aliphatic heterocycles. The SMILES string of the molecule is [2H]c1c([2H])c([2H])c(Nc2cccc(N(c3ccccc3)c3ccc(-c4ccccc4)cc3)c2)c([2H])c1[2H]. The summed E-state index contributed by atoms with van der Waals surface area (Å²) in [4.78, 5) is 2.11. The summed E-state index contributed by atoms with van der Waals surface area (Å²) < 4.78 is 40.2. The van der Waals surface area contributed by atoms with Crippen molar-refractivity contribution in [1.29, 1.82) is 0 Å². The van der Waals surface area contributed by atoms with E-state index in [9.17, 15) is 0 Å². The minimum Gasteiger partial charge on any atom is -0.355 e. The van der Waals surface area contributed by atoms with Crippen LogP contribution in [0.5, 0.6) is 0 Å². The van der Waals surface area contributed by atoms with Gasteiger partial charge in [0.15, 0.2) is 0 Å². The van der Waals surface area contributed by atoms with Gasteiger partial charge < -0.3 is 10.2 Å². The molecule has 0 atom stereocenters. The zero-order valence-corrected chi connectivity index (χ0v) is 17.3. The van der Waals surface area contributed by atoms with Crippen LogP contribution >= 0.6 is 0 Å². The molecule has 0 aromatic heterocycles. The van der Waals surface area contributed by atoms with E-state index in [1.54, 1.807) is 0 Å². The van der Waals surface area contributed by atoms with Crippen molar-refractivity contribution in [1.82, 2.24) is 0 Å². The number of nitrogens with zero attached hydrogens (tertiary/aromatic N) is 1. The second-order valence-electron chi connectivity index (χ2n) is 7.26. The molecule has 0 heterocycles. The van der Waals surface area contributed by atoms with Crippen molar-refractivity contribution >= 4 is 28.4 Å². The fraction of sp³-hybridized carbons (Fsp3) is 0. The molecule has 0 radical (unpaired) electrons. The van der Waals surface area contributed by atoms with E-state index in [1.807, 2.05) is 72.8 Å². The number of benzene rings is 5. The number of hydrogen-bond donors (Lipinski definition) is 1. The highest BCUT2D eigenvalue weighted by Gasteiger charge is 2.13. The first-order valence-corrected chi connectivity index (χ1v) is 10.4. The van der Waals surface area contributed by atoms with Crippen LogP contribution in [-0.2, 0) is 0 Å². The van der Waals surface area contributed by atoms with E-state index >= 15 is 0 Å².